The minimum Gasteiger partial charge on any atom is -0.266 e. The number of hydrogen-bond acceptors (Lipinski definition) is 3. The highest BCUT2D eigenvalue weighted by Gasteiger charge is 2.40. The molecule has 92 valence electrons. The lowest BCUT2D eigenvalue weighted by molar-refractivity contribution is 0.258. The third-order valence-corrected chi connectivity index (χ3v) is 4.04. The van der Waals surface area contributed by atoms with Crippen molar-refractivity contribution in [3.63, 3.8) is 0 Å². The van der Waals surface area contributed by atoms with Gasteiger partial charge in [-0.2, -0.15) is 10.1 Å². The molecule has 4 nitrogen and oxygen atoms in total. The molecule has 0 bridgehead atoms. The van der Waals surface area contributed by atoms with E-state index in [4.69, 9.17) is 11.6 Å². The van der Waals surface area contributed by atoms with Crippen LogP contribution in [0.3, 0.4) is 0 Å². The first-order valence-electron chi connectivity index (χ1n) is 5.89. The monoisotopic (exact) mass is 261 g/mol. The number of aromatic nitrogens is 2. The molecule has 3 rings (SSSR count). The number of isocyanates is 1. The molecule has 5 heteroatoms. The first-order valence-corrected chi connectivity index (χ1v) is 6.26. The molecule has 0 saturated heterocycles. The zero-order chi connectivity index (χ0) is 12.8. The highest BCUT2D eigenvalue weighted by atomic mass is 35.5. The molecule has 1 fully saturated rings. The number of rotatable bonds is 2. The first kappa shape index (κ1) is 11.5. The molecule has 0 amide bonds. The number of hydrogen-bond donors (Lipinski definition) is 0. The van der Waals surface area contributed by atoms with Crippen LogP contribution in [0.4, 0.5) is 0 Å². The summed E-state index contributed by atoms with van der Waals surface area (Å²) in [6.07, 6.45) is 4.51. The van der Waals surface area contributed by atoms with Gasteiger partial charge in [-0.1, -0.05) is 23.7 Å². The lowest BCUT2D eigenvalue weighted by Crippen LogP contribution is -2.32. The molecule has 0 spiro atoms. The Morgan fingerprint density at radius 2 is 2.28 bits per heavy atom. The molecule has 18 heavy (non-hydrogen) atoms. The average molecular weight is 262 g/mol. The maximum Gasteiger partial charge on any atom is 0.235 e. The fourth-order valence-corrected chi connectivity index (χ4v) is 3.00. The van der Waals surface area contributed by atoms with E-state index in [1.54, 1.807) is 10.8 Å². The van der Waals surface area contributed by atoms with Gasteiger partial charge >= 0.3 is 0 Å². The summed E-state index contributed by atoms with van der Waals surface area (Å²) in [5.41, 5.74) is 1.52. The Bertz CT molecular complexity index is 666. The van der Waals surface area contributed by atoms with Crippen molar-refractivity contribution >= 4 is 28.6 Å². The van der Waals surface area contributed by atoms with Gasteiger partial charge in [-0.05, 0) is 30.9 Å². The normalized spacial score (nSPS) is 17.2. The zero-order valence-electron chi connectivity index (χ0n) is 9.98. The van der Waals surface area contributed by atoms with Crippen LogP contribution >= 0.6 is 11.6 Å². The molecule has 1 aliphatic carbocycles. The first-order chi connectivity index (χ1) is 8.68. The Balaban J connectivity index is 2.32. The largest absolute Gasteiger partial charge is 0.266 e. The molecular weight excluding hydrogens is 250 g/mol. The number of aryl methyl sites for hydroxylation is 1. The van der Waals surface area contributed by atoms with Crippen molar-refractivity contribution in [3.05, 3.63) is 28.9 Å². The SMILES string of the molecule is Cn1nc(Cl)c2c(C3(N=C=O)CCC3)cccc21. The Hall–Kier alpha value is -1.64. The minimum atomic E-state index is -0.437. The molecule has 0 atom stereocenters. The number of halogens is 1. The summed E-state index contributed by atoms with van der Waals surface area (Å²) in [6.45, 7) is 0. The fourth-order valence-electron chi connectivity index (χ4n) is 2.69. The van der Waals surface area contributed by atoms with Gasteiger partial charge in [-0.3, -0.25) is 4.68 Å². The smallest absolute Gasteiger partial charge is 0.235 e. The van der Waals surface area contributed by atoms with Crippen LogP contribution in [0.15, 0.2) is 23.2 Å². The van der Waals surface area contributed by atoms with E-state index in [1.807, 2.05) is 25.2 Å². The van der Waals surface area contributed by atoms with Gasteiger partial charge < -0.3 is 0 Å². The second kappa shape index (κ2) is 3.94. The summed E-state index contributed by atoms with van der Waals surface area (Å²) in [4.78, 5) is 14.7. The predicted octanol–water partition coefficient (Wildman–Crippen LogP) is 2.94. The van der Waals surface area contributed by atoms with Crippen LogP contribution in [0.25, 0.3) is 10.9 Å². The van der Waals surface area contributed by atoms with Crippen LogP contribution in [-0.4, -0.2) is 15.9 Å². The van der Waals surface area contributed by atoms with Gasteiger partial charge in [0.1, 0.15) is 0 Å². The molecule has 0 N–H and O–H groups in total. The van der Waals surface area contributed by atoms with Crippen molar-refractivity contribution in [2.45, 2.75) is 24.8 Å². The maximum atomic E-state index is 10.7. The van der Waals surface area contributed by atoms with Gasteiger partial charge in [-0.25, -0.2) is 4.79 Å². The number of benzene rings is 1. The third kappa shape index (κ3) is 1.43. The van der Waals surface area contributed by atoms with E-state index >= 15 is 0 Å². The van der Waals surface area contributed by atoms with Gasteiger partial charge in [-0.15, -0.1) is 0 Å². The van der Waals surface area contributed by atoms with Gasteiger partial charge in [0, 0.05) is 12.4 Å². The topological polar surface area (TPSA) is 47.2 Å². The molecule has 1 aromatic heterocycles. The van der Waals surface area contributed by atoms with Crippen molar-refractivity contribution in [1.82, 2.24) is 9.78 Å². The minimum absolute atomic E-state index is 0.437. The summed E-state index contributed by atoms with van der Waals surface area (Å²) in [5.74, 6) is 0. The van der Waals surface area contributed by atoms with Crippen molar-refractivity contribution in [2.24, 2.45) is 12.0 Å². The van der Waals surface area contributed by atoms with Crippen LogP contribution < -0.4 is 0 Å². The molecule has 2 aromatic rings. The molecule has 0 radical (unpaired) electrons. The molecule has 1 saturated carbocycles. The number of fused-ring (bicyclic) bond motifs is 1. The Morgan fingerprint density at radius 3 is 2.89 bits per heavy atom. The van der Waals surface area contributed by atoms with Crippen molar-refractivity contribution in [1.29, 1.82) is 0 Å². The van der Waals surface area contributed by atoms with E-state index in [0.29, 0.717) is 5.15 Å². The number of carbonyl (C=O) groups excluding carboxylic acids is 1. The molecule has 1 aromatic carbocycles. The second-order valence-electron chi connectivity index (χ2n) is 4.70. The molecule has 1 heterocycles. The summed E-state index contributed by atoms with van der Waals surface area (Å²) < 4.78 is 1.75. The second-order valence-corrected chi connectivity index (χ2v) is 5.06. The summed E-state index contributed by atoms with van der Waals surface area (Å²) >= 11 is 6.20. The van der Waals surface area contributed by atoms with Crippen LogP contribution in [0.1, 0.15) is 24.8 Å². The van der Waals surface area contributed by atoms with Crippen LogP contribution in [0.5, 0.6) is 0 Å². The Kier molecular flexibility index (Phi) is 2.51. The molecule has 0 unspecified atom stereocenters. The van der Waals surface area contributed by atoms with E-state index < -0.39 is 5.54 Å². The lowest BCUT2D eigenvalue weighted by Gasteiger charge is -2.37. The van der Waals surface area contributed by atoms with E-state index in [9.17, 15) is 4.79 Å². The van der Waals surface area contributed by atoms with Crippen molar-refractivity contribution in [2.75, 3.05) is 0 Å². The lowest BCUT2D eigenvalue weighted by atomic mass is 9.71. The van der Waals surface area contributed by atoms with Gasteiger partial charge in [0.25, 0.3) is 0 Å². The van der Waals surface area contributed by atoms with Crippen LogP contribution in [0.2, 0.25) is 5.15 Å². The number of nitrogens with zero attached hydrogens (tertiary/aromatic N) is 3. The molecular formula is C13H12ClN3O. The highest BCUT2D eigenvalue weighted by molar-refractivity contribution is 6.34. The summed E-state index contributed by atoms with van der Waals surface area (Å²) in [6, 6.07) is 5.90. The Morgan fingerprint density at radius 1 is 1.50 bits per heavy atom. The quantitative estimate of drug-likeness (QED) is 0.616. The highest BCUT2D eigenvalue weighted by Crippen LogP contribution is 2.48. The van der Waals surface area contributed by atoms with E-state index in [-0.39, 0.29) is 0 Å². The maximum absolute atomic E-state index is 10.7. The predicted molar refractivity (Wildman–Crippen MR) is 69.4 cm³/mol. The van der Waals surface area contributed by atoms with Crippen molar-refractivity contribution < 1.29 is 4.79 Å². The third-order valence-electron chi connectivity index (χ3n) is 3.78. The van der Waals surface area contributed by atoms with E-state index in [0.717, 1.165) is 35.7 Å². The molecule has 1 aliphatic rings. The standard InChI is InChI=1S/C13H12ClN3O/c1-17-10-5-2-4-9(11(10)12(14)16-17)13(15-8-18)6-3-7-13/h2,4-5H,3,6-7H2,1H3. The summed E-state index contributed by atoms with van der Waals surface area (Å²) in [5, 5.41) is 5.60. The van der Waals surface area contributed by atoms with E-state index in [1.165, 1.54) is 0 Å². The zero-order valence-corrected chi connectivity index (χ0v) is 10.7. The molecule has 0 aliphatic heterocycles. The average Bonchev–Trinajstić information content (AvgIpc) is 2.60. The van der Waals surface area contributed by atoms with Crippen LogP contribution in [-0.2, 0) is 17.4 Å². The van der Waals surface area contributed by atoms with Crippen molar-refractivity contribution in [3.8, 4) is 0 Å². The number of aliphatic imine (C=N–C) groups is 1. The van der Waals surface area contributed by atoms with Gasteiger partial charge in [0.15, 0.2) is 5.15 Å². The fraction of sp³-hybridized carbons (Fsp3) is 0.385. The Labute approximate surface area is 109 Å². The summed E-state index contributed by atoms with van der Waals surface area (Å²) in [7, 11) is 1.86. The van der Waals surface area contributed by atoms with Gasteiger partial charge in [0.2, 0.25) is 6.08 Å². The van der Waals surface area contributed by atoms with E-state index in [2.05, 4.69) is 10.1 Å². The van der Waals surface area contributed by atoms with Crippen LogP contribution in [0, 0.1) is 0 Å². The van der Waals surface area contributed by atoms with Gasteiger partial charge in [0.05, 0.1) is 11.1 Å².